The fourth-order valence-corrected chi connectivity index (χ4v) is 3.84. The molecule has 0 aliphatic carbocycles. The number of nitrogens with zero attached hydrogens (tertiary/aromatic N) is 1. The van der Waals surface area contributed by atoms with Gasteiger partial charge in [-0.25, -0.2) is 0 Å². The highest BCUT2D eigenvalue weighted by atomic mass is 32.1. The third-order valence-corrected chi connectivity index (χ3v) is 4.76. The Kier molecular flexibility index (Phi) is 3.81. The molecule has 0 amide bonds. The van der Waals surface area contributed by atoms with Gasteiger partial charge in [0, 0.05) is 22.7 Å². The molecular weight excluding hydrogens is 264 g/mol. The molecule has 3 aromatic rings. The predicted octanol–water partition coefficient (Wildman–Crippen LogP) is 4.17. The van der Waals surface area contributed by atoms with Crippen molar-refractivity contribution in [2.45, 2.75) is 19.4 Å². The van der Waals surface area contributed by atoms with E-state index in [9.17, 15) is 0 Å². The smallest absolute Gasteiger partial charge is 0.0677 e. The topological polar surface area (TPSA) is 24.9 Å². The third kappa shape index (κ3) is 2.23. The van der Waals surface area contributed by atoms with E-state index < -0.39 is 0 Å². The number of hydrogen-bond acceptors (Lipinski definition) is 3. The van der Waals surface area contributed by atoms with E-state index in [2.05, 4.69) is 52.9 Å². The minimum atomic E-state index is 0.246. The number of thiophene rings is 1. The first-order valence-electron chi connectivity index (χ1n) is 6.91. The van der Waals surface area contributed by atoms with Crippen molar-refractivity contribution in [1.29, 1.82) is 0 Å². The second kappa shape index (κ2) is 5.73. The summed E-state index contributed by atoms with van der Waals surface area (Å²) in [5, 5.41) is 8.13. The maximum Gasteiger partial charge on any atom is 0.0677 e. The van der Waals surface area contributed by atoms with E-state index in [1.807, 2.05) is 30.8 Å². The van der Waals surface area contributed by atoms with Crippen LogP contribution in [-0.4, -0.2) is 12.0 Å². The van der Waals surface area contributed by atoms with Gasteiger partial charge < -0.3 is 5.32 Å². The van der Waals surface area contributed by atoms with Crippen molar-refractivity contribution in [3.63, 3.8) is 0 Å². The summed E-state index contributed by atoms with van der Waals surface area (Å²) in [5.74, 6) is 0. The highest BCUT2D eigenvalue weighted by Gasteiger charge is 2.18. The molecule has 0 aliphatic heterocycles. The minimum absolute atomic E-state index is 0.246. The number of aromatic nitrogens is 1. The molecule has 2 aromatic heterocycles. The molecule has 102 valence electrons. The van der Waals surface area contributed by atoms with Crippen LogP contribution in [0.2, 0.25) is 0 Å². The van der Waals surface area contributed by atoms with Crippen LogP contribution in [0, 0.1) is 0 Å². The van der Waals surface area contributed by atoms with Gasteiger partial charge in [0.05, 0.1) is 6.04 Å². The van der Waals surface area contributed by atoms with Gasteiger partial charge >= 0.3 is 0 Å². The maximum atomic E-state index is 4.22. The summed E-state index contributed by atoms with van der Waals surface area (Å²) in [6.45, 7) is 2.21. The molecule has 0 bridgehead atoms. The molecule has 0 saturated heterocycles. The van der Waals surface area contributed by atoms with Crippen LogP contribution in [0.15, 0.2) is 48.1 Å². The number of aryl methyl sites for hydroxylation is 1. The monoisotopic (exact) mass is 282 g/mol. The lowest BCUT2D eigenvalue weighted by Crippen LogP contribution is -2.18. The Morgan fingerprint density at radius 2 is 2.15 bits per heavy atom. The zero-order valence-electron chi connectivity index (χ0n) is 11.8. The van der Waals surface area contributed by atoms with Gasteiger partial charge in [0.2, 0.25) is 0 Å². The Balaban J connectivity index is 2.17. The number of benzene rings is 1. The number of pyridine rings is 1. The maximum absolute atomic E-state index is 4.22. The summed E-state index contributed by atoms with van der Waals surface area (Å²) < 4.78 is 0. The van der Waals surface area contributed by atoms with E-state index in [1.54, 1.807) is 0 Å². The molecule has 1 aromatic carbocycles. The molecule has 3 rings (SSSR count). The molecular formula is C17H18N2S. The van der Waals surface area contributed by atoms with Gasteiger partial charge in [0.1, 0.15) is 0 Å². The third-order valence-electron chi connectivity index (χ3n) is 3.74. The largest absolute Gasteiger partial charge is 0.309 e. The Morgan fingerprint density at radius 1 is 1.25 bits per heavy atom. The molecule has 2 nitrogen and oxygen atoms in total. The fourth-order valence-electron chi connectivity index (χ4n) is 2.72. The number of rotatable bonds is 4. The normalized spacial score (nSPS) is 12.7. The first kappa shape index (κ1) is 13.3. The average molecular weight is 282 g/mol. The first-order valence-corrected chi connectivity index (χ1v) is 7.79. The summed E-state index contributed by atoms with van der Waals surface area (Å²) in [4.78, 5) is 5.63. The zero-order chi connectivity index (χ0) is 13.9. The van der Waals surface area contributed by atoms with Gasteiger partial charge in [-0.3, -0.25) is 4.98 Å². The lowest BCUT2D eigenvalue weighted by Gasteiger charge is -2.19. The van der Waals surface area contributed by atoms with E-state index in [-0.39, 0.29) is 6.04 Å². The fraction of sp³-hybridized carbons (Fsp3) is 0.235. The summed E-state index contributed by atoms with van der Waals surface area (Å²) in [7, 11) is 2.03. The quantitative estimate of drug-likeness (QED) is 0.777. The summed E-state index contributed by atoms with van der Waals surface area (Å²) in [5.41, 5.74) is 2.75. The van der Waals surface area contributed by atoms with E-state index in [4.69, 9.17) is 0 Å². The van der Waals surface area contributed by atoms with Crippen molar-refractivity contribution in [2.75, 3.05) is 7.05 Å². The molecule has 0 saturated carbocycles. The van der Waals surface area contributed by atoms with Crippen LogP contribution in [0.3, 0.4) is 0 Å². The van der Waals surface area contributed by atoms with Crippen LogP contribution in [0.1, 0.15) is 29.0 Å². The van der Waals surface area contributed by atoms with Crippen molar-refractivity contribution in [2.24, 2.45) is 0 Å². The van der Waals surface area contributed by atoms with E-state index in [1.165, 1.54) is 26.8 Å². The summed E-state index contributed by atoms with van der Waals surface area (Å²) >= 11 is 1.83. The van der Waals surface area contributed by atoms with Crippen LogP contribution in [0.5, 0.6) is 0 Å². The van der Waals surface area contributed by atoms with E-state index >= 15 is 0 Å². The minimum Gasteiger partial charge on any atom is -0.309 e. The van der Waals surface area contributed by atoms with Crippen LogP contribution in [0.4, 0.5) is 0 Å². The standard InChI is InChI=1S/C17H18N2S/c1-3-12-8-10-20-17(12)16(18-2)15-6-4-5-13-11-19-9-7-14(13)15/h4-11,16,18H,3H2,1-2H3. The summed E-state index contributed by atoms with van der Waals surface area (Å²) in [6, 6.07) is 11.0. The number of hydrogen-bond donors (Lipinski definition) is 1. The molecule has 20 heavy (non-hydrogen) atoms. The van der Waals surface area contributed by atoms with Gasteiger partial charge in [-0.05, 0) is 47.5 Å². The lowest BCUT2D eigenvalue weighted by atomic mass is 9.97. The first-order chi connectivity index (χ1) is 9.85. The molecule has 1 unspecified atom stereocenters. The Bertz CT molecular complexity index is 712. The van der Waals surface area contributed by atoms with Crippen LogP contribution in [0.25, 0.3) is 10.8 Å². The Hall–Kier alpha value is -1.71. The average Bonchev–Trinajstić information content (AvgIpc) is 2.97. The van der Waals surface area contributed by atoms with Gasteiger partial charge in [0.15, 0.2) is 0 Å². The van der Waals surface area contributed by atoms with Crippen molar-refractivity contribution in [3.05, 3.63) is 64.1 Å². The molecule has 1 atom stereocenters. The van der Waals surface area contributed by atoms with Gasteiger partial charge in [-0.1, -0.05) is 25.1 Å². The van der Waals surface area contributed by atoms with Gasteiger partial charge in [0.25, 0.3) is 0 Å². The van der Waals surface area contributed by atoms with Crippen molar-refractivity contribution >= 4 is 22.1 Å². The van der Waals surface area contributed by atoms with Crippen LogP contribution >= 0.6 is 11.3 Å². The molecule has 0 fully saturated rings. The number of nitrogens with one attached hydrogen (secondary N) is 1. The van der Waals surface area contributed by atoms with Gasteiger partial charge in [-0.2, -0.15) is 0 Å². The predicted molar refractivity (Wildman–Crippen MR) is 86.3 cm³/mol. The summed E-state index contributed by atoms with van der Waals surface area (Å²) in [6.07, 6.45) is 4.87. The highest BCUT2D eigenvalue weighted by Crippen LogP contribution is 2.33. The van der Waals surface area contributed by atoms with Crippen LogP contribution < -0.4 is 5.32 Å². The second-order valence-electron chi connectivity index (χ2n) is 4.83. The van der Waals surface area contributed by atoms with E-state index in [0.29, 0.717) is 0 Å². The Labute approximate surface area is 123 Å². The van der Waals surface area contributed by atoms with Crippen LogP contribution in [-0.2, 0) is 6.42 Å². The molecule has 0 aliphatic rings. The molecule has 0 radical (unpaired) electrons. The van der Waals surface area contributed by atoms with Crippen molar-refractivity contribution < 1.29 is 0 Å². The molecule has 2 heterocycles. The lowest BCUT2D eigenvalue weighted by molar-refractivity contribution is 0.702. The molecule has 3 heteroatoms. The van der Waals surface area contributed by atoms with Gasteiger partial charge in [-0.15, -0.1) is 11.3 Å². The van der Waals surface area contributed by atoms with Crippen molar-refractivity contribution in [3.8, 4) is 0 Å². The Morgan fingerprint density at radius 3 is 2.95 bits per heavy atom. The van der Waals surface area contributed by atoms with E-state index in [0.717, 1.165) is 6.42 Å². The second-order valence-corrected chi connectivity index (χ2v) is 5.78. The molecule has 1 N–H and O–H groups in total. The molecule has 0 spiro atoms. The zero-order valence-corrected chi connectivity index (χ0v) is 12.6. The highest BCUT2D eigenvalue weighted by molar-refractivity contribution is 7.10. The van der Waals surface area contributed by atoms with Crippen molar-refractivity contribution in [1.82, 2.24) is 10.3 Å². The SMILES string of the molecule is CCc1ccsc1C(NC)c1cccc2cnccc12. The number of fused-ring (bicyclic) bond motifs is 1.